The summed E-state index contributed by atoms with van der Waals surface area (Å²) in [7, 11) is 3.59. The maximum Gasteiger partial charge on any atom is 0.237 e. The highest BCUT2D eigenvalue weighted by Gasteiger charge is 2.48. The van der Waals surface area contributed by atoms with Gasteiger partial charge in [-0.1, -0.05) is 60.7 Å². The van der Waals surface area contributed by atoms with Gasteiger partial charge in [-0.25, -0.2) is 0 Å². The predicted octanol–water partition coefficient (Wildman–Crippen LogP) is 4.34. The summed E-state index contributed by atoms with van der Waals surface area (Å²) in [5, 5.41) is 13.7. The Kier molecular flexibility index (Phi) is 5.64. The Bertz CT molecular complexity index is 762. The van der Waals surface area contributed by atoms with Crippen LogP contribution in [0.4, 0.5) is 0 Å². The third kappa shape index (κ3) is 3.47. The maximum absolute atomic E-state index is 13.7. The zero-order valence-electron chi connectivity index (χ0n) is 17.5. The van der Waals surface area contributed by atoms with E-state index < -0.39 is 5.41 Å². The van der Waals surface area contributed by atoms with Crippen molar-refractivity contribution in [1.82, 2.24) is 4.90 Å². The Morgan fingerprint density at radius 3 is 1.93 bits per heavy atom. The monoisotopic (exact) mass is 380 g/mol. The van der Waals surface area contributed by atoms with Gasteiger partial charge in [-0.3, -0.25) is 4.79 Å². The van der Waals surface area contributed by atoms with Crippen LogP contribution in [0.1, 0.15) is 44.2 Å². The summed E-state index contributed by atoms with van der Waals surface area (Å²) in [5.74, 6) is 0.0218. The second-order valence-corrected chi connectivity index (χ2v) is 8.84. The average molecular weight is 381 g/mol. The zero-order chi connectivity index (χ0) is 20.4. The third-order valence-corrected chi connectivity index (χ3v) is 6.56. The minimum atomic E-state index is -0.861. The molecule has 0 aromatic heterocycles. The second-order valence-electron chi connectivity index (χ2n) is 8.84. The molecule has 1 saturated heterocycles. The van der Waals surface area contributed by atoms with Crippen molar-refractivity contribution in [2.75, 3.05) is 27.2 Å². The number of quaternary nitrogens is 1. The molecule has 1 aliphatic heterocycles. The van der Waals surface area contributed by atoms with E-state index in [1.807, 2.05) is 60.7 Å². The summed E-state index contributed by atoms with van der Waals surface area (Å²) in [6.07, 6.45) is 2.37. The van der Waals surface area contributed by atoms with Crippen LogP contribution >= 0.6 is 0 Å². The summed E-state index contributed by atoms with van der Waals surface area (Å²) in [6.45, 7) is 5.18. The number of likely N-dealkylation sites (tertiary alicyclic amines) is 1. The minimum Gasteiger partial charge on any atom is -0.632 e. The summed E-state index contributed by atoms with van der Waals surface area (Å²) in [4.78, 5) is 15.3. The highest BCUT2D eigenvalue weighted by atomic mass is 16.6. The summed E-state index contributed by atoms with van der Waals surface area (Å²) >= 11 is 0. The lowest BCUT2D eigenvalue weighted by molar-refractivity contribution is -0.915. The van der Waals surface area contributed by atoms with Crippen LogP contribution in [0.25, 0.3) is 0 Å². The molecule has 2 aromatic rings. The minimum absolute atomic E-state index is 0.0218. The molecule has 0 bridgehead atoms. The molecule has 1 fully saturated rings. The number of hydrogen-bond acceptors (Lipinski definition) is 2. The van der Waals surface area contributed by atoms with E-state index in [4.69, 9.17) is 0 Å². The summed E-state index contributed by atoms with van der Waals surface area (Å²) in [5.41, 5.74) is 0.729. The molecule has 0 spiro atoms. The molecule has 0 saturated carbocycles. The van der Waals surface area contributed by atoms with Gasteiger partial charge in [-0.05, 0) is 25.0 Å². The van der Waals surface area contributed by atoms with Crippen LogP contribution in [0, 0.1) is 5.21 Å². The van der Waals surface area contributed by atoms with Crippen LogP contribution in [-0.4, -0.2) is 48.2 Å². The van der Waals surface area contributed by atoms with Gasteiger partial charge in [0.05, 0.1) is 18.6 Å². The molecule has 1 atom stereocenters. The lowest BCUT2D eigenvalue weighted by atomic mass is 9.70. The SMILES string of the molecule is CN(C)C(=O)C(CC[N+]1([O-])CCCC1(C)C)(c1ccccc1)c1ccccc1. The van der Waals surface area contributed by atoms with Gasteiger partial charge in [0.2, 0.25) is 5.91 Å². The molecule has 3 rings (SSSR count). The smallest absolute Gasteiger partial charge is 0.237 e. The fraction of sp³-hybridized carbons (Fsp3) is 0.458. The van der Waals surface area contributed by atoms with Crippen LogP contribution in [0.15, 0.2) is 60.7 Å². The standard InChI is InChI=1S/C24H32N2O2/c1-23(2)16-11-18-26(23,28)19-17-24(22(27)25(3)4,20-12-7-5-8-13-20)21-14-9-6-10-15-21/h5-10,12-15H,11,16-19H2,1-4H3. The van der Waals surface area contributed by atoms with E-state index in [2.05, 4.69) is 13.8 Å². The van der Waals surface area contributed by atoms with E-state index in [1.165, 1.54) is 0 Å². The van der Waals surface area contributed by atoms with E-state index >= 15 is 0 Å². The molecule has 1 aliphatic rings. The Morgan fingerprint density at radius 2 is 1.54 bits per heavy atom. The first-order chi connectivity index (χ1) is 13.2. The molecule has 4 heteroatoms. The molecular formula is C24H32N2O2. The van der Waals surface area contributed by atoms with Crippen LogP contribution in [0.3, 0.4) is 0 Å². The van der Waals surface area contributed by atoms with E-state index in [0.717, 1.165) is 24.0 Å². The first kappa shape index (κ1) is 20.6. The van der Waals surface area contributed by atoms with Crippen molar-refractivity contribution >= 4 is 5.91 Å². The quantitative estimate of drug-likeness (QED) is 0.553. The first-order valence-corrected chi connectivity index (χ1v) is 10.1. The number of hydroxylamine groups is 3. The number of rotatable bonds is 6. The predicted molar refractivity (Wildman–Crippen MR) is 114 cm³/mol. The van der Waals surface area contributed by atoms with Crippen molar-refractivity contribution in [2.45, 2.75) is 44.1 Å². The van der Waals surface area contributed by atoms with Crippen LogP contribution < -0.4 is 0 Å². The van der Waals surface area contributed by atoms with Crippen molar-refractivity contribution < 1.29 is 9.44 Å². The number of carbonyl (C=O) groups is 1. The van der Waals surface area contributed by atoms with Gasteiger partial charge in [0.1, 0.15) is 5.41 Å². The van der Waals surface area contributed by atoms with Gasteiger partial charge in [0.25, 0.3) is 0 Å². The molecule has 1 amide bonds. The van der Waals surface area contributed by atoms with Crippen LogP contribution in [-0.2, 0) is 10.2 Å². The van der Waals surface area contributed by atoms with Crippen LogP contribution in [0.5, 0.6) is 0 Å². The van der Waals surface area contributed by atoms with E-state index in [-0.39, 0.29) is 16.1 Å². The molecule has 1 unspecified atom stereocenters. The summed E-state index contributed by atoms with van der Waals surface area (Å²) in [6, 6.07) is 19.9. The fourth-order valence-electron chi connectivity index (χ4n) is 4.67. The summed E-state index contributed by atoms with van der Waals surface area (Å²) < 4.78 is -0.227. The van der Waals surface area contributed by atoms with Crippen LogP contribution in [0.2, 0.25) is 0 Å². The van der Waals surface area contributed by atoms with Gasteiger partial charge in [-0.2, -0.15) is 0 Å². The van der Waals surface area contributed by atoms with Crippen molar-refractivity contribution in [3.05, 3.63) is 77.0 Å². The number of likely N-dealkylation sites (N-methyl/N-ethyl adjacent to an activating group) is 1. The Balaban J connectivity index is 2.12. The van der Waals surface area contributed by atoms with Crippen molar-refractivity contribution in [3.8, 4) is 0 Å². The molecule has 0 aliphatic carbocycles. The zero-order valence-corrected chi connectivity index (χ0v) is 17.5. The van der Waals surface area contributed by atoms with Gasteiger partial charge >= 0.3 is 0 Å². The molecular weight excluding hydrogens is 348 g/mol. The van der Waals surface area contributed by atoms with Crippen molar-refractivity contribution in [1.29, 1.82) is 0 Å². The number of hydrogen-bond donors (Lipinski definition) is 0. The maximum atomic E-state index is 13.7. The van der Waals surface area contributed by atoms with Gasteiger partial charge in [-0.15, -0.1) is 0 Å². The topological polar surface area (TPSA) is 43.4 Å². The average Bonchev–Trinajstić information content (AvgIpc) is 2.96. The Labute approximate surface area is 169 Å². The molecule has 28 heavy (non-hydrogen) atoms. The number of carbonyl (C=O) groups excluding carboxylic acids is 1. The molecule has 0 radical (unpaired) electrons. The number of amides is 1. The van der Waals surface area contributed by atoms with E-state index in [9.17, 15) is 10.0 Å². The van der Waals surface area contributed by atoms with Gasteiger partial charge in [0, 0.05) is 33.4 Å². The van der Waals surface area contributed by atoms with E-state index in [1.54, 1.807) is 19.0 Å². The third-order valence-electron chi connectivity index (χ3n) is 6.56. The highest BCUT2D eigenvalue weighted by Crippen LogP contribution is 2.42. The molecule has 150 valence electrons. The normalized spacial score (nSPS) is 21.5. The lowest BCUT2D eigenvalue weighted by Crippen LogP contribution is -2.56. The van der Waals surface area contributed by atoms with Gasteiger partial charge in [0.15, 0.2) is 0 Å². The number of benzene rings is 2. The van der Waals surface area contributed by atoms with Crippen molar-refractivity contribution in [2.24, 2.45) is 0 Å². The van der Waals surface area contributed by atoms with Gasteiger partial charge < -0.3 is 14.8 Å². The Morgan fingerprint density at radius 1 is 1.04 bits per heavy atom. The molecule has 0 N–H and O–H groups in total. The van der Waals surface area contributed by atoms with Crippen molar-refractivity contribution in [3.63, 3.8) is 0 Å². The number of nitrogens with zero attached hydrogens (tertiary/aromatic N) is 2. The largest absolute Gasteiger partial charge is 0.632 e. The second kappa shape index (κ2) is 7.69. The Hall–Kier alpha value is -2.17. The highest BCUT2D eigenvalue weighted by molar-refractivity contribution is 5.91. The lowest BCUT2D eigenvalue weighted by Gasteiger charge is -2.51. The first-order valence-electron chi connectivity index (χ1n) is 10.1. The molecule has 4 nitrogen and oxygen atoms in total. The fourth-order valence-corrected chi connectivity index (χ4v) is 4.67. The molecule has 1 heterocycles. The van der Waals surface area contributed by atoms with E-state index in [0.29, 0.717) is 19.5 Å². The molecule has 2 aromatic carbocycles.